The van der Waals surface area contributed by atoms with Crippen molar-refractivity contribution in [3.63, 3.8) is 0 Å². The molecule has 324 valence electrons. The van der Waals surface area contributed by atoms with Gasteiger partial charge in [-0.2, -0.15) is 0 Å². The van der Waals surface area contributed by atoms with Crippen LogP contribution in [0.3, 0.4) is 0 Å². The predicted molar refractivity (Wildman–Crippen MR) is 213 cm³/mol. The quantitative estimate of drug-likeness (QED) is 0.0441. The number of carboxylic acid groups (broad SMARTS) is 1. The first kappa shape index (κ1) is 52.8. The molecule has 0 aliphatic carbocycles. The molecule has 1 unspecified atom stereocenters. The van der Waals surface area contributed by atoms with Crippen LogP contribution in [0.15, 0.2) is 0 Å². The number of amides is 3. The number of aliphatic carboxylic acids is 1. The monoisotopic (exact) mass is 799 g/mol. The fraction of sp³-hybridized carbons (Fsp3) is 0.833. The van der Waals surface area contributed by atoms with Gasteiger partial charge in [-0.3, -0.25) is 29.3 Å². The summed E-state index contributed by atoms with van der Waals surface area (Å²) in [5.74, 6) is -2.88. The second-order valence-electron chi connectivity index (χ2n) is 15.5. The summed E-state index contributed by atoms with van der Waals surface area (Å²) in [5, 5.41) is 13.4. The molecule has 14 nitrogen and oxygen atoms in total. The number of carbonyl (C=O) groups excluding carboxylic acids is 6. The highest BCUT2D eigenvalue weighted by atomic mass is 16.6. The predicted octanol–water partition coefficient (Wildman–Crippen LogP) is 6.72. The van der Waals surface area contributed by atoms with Crippen molar-refractivity contribution in [1.82, 2.24) is 10.6 Å². The Morgan fingerprint density at radius 3 is 1.52 bits per heavy atom. The van der Waals surface area contributed by atoms with E-state index in [0.717, 1.165) is 44.9 Å². The Hall–Kier alpha value is -3.23. The van der Waals surface area contributed by atoms with E-state index in [9.17, 15) is 33.6 Å². The van der Waals surface area contributed by atoms with Crippen molar-refractivity contribution in [2.45, 2.75) is 187 Å². The summed E-state index contributed by atoms with van der Waals surface area (Å²) in [4.78, 5) is 82.6. The molecule has 0 saturated heterocycles. The number of carboxylic acids is 1. The number of carbonyl (C=O) groups is 7. The number of Topliss-reactive ketones (excluding diaryl/α,β-unsaturated/α-hetero) is 2. The summed E-state index contributed by atoms with van der Waals surface area (Å²) >= 11 is 0. The summed E-state index contributed by atoms with van der Waals surface area (Å²) in [6.45, 7) is 8.08. The molecule has 0 bridgehead atoms. The standard InChI is InChI=1S/C42H74N2O12/c1-34(45)21-17-15-13-11-9-7-5-6-8-10-12-14-16-18-23-37(47)43-36(41(52)56-42(2,3)4)25-24-35(46)22-19-20-28-53-29-30-54-31-32-55-33-39(49)44-38(48)26-27-40(50)51/h36H,5-33H2,1-4H3,(H,43,47)(H,50,51)(H,44,48,49). The molecule has 0 saturated carbocycles. The van der Waals surface area contributed by atoms with E-state index < -0.39 is 35.4 Å². The van der Waals surface area contributed by atoms with Crippen molar-refractivity contribution in [3.05, 3.63) is 0 Å². The molecule has 1 atom stereocenters. The molecular formula is C42H74N2O12. The second-order valence-corrected chi connectivity index (χ2v) is 15.5. The van der Waals surface area contributed by atoms with Crippen LogP contribution in [-0.2, 0) is 52.5 Å². The number of esters is 1. The van der Waals surface area contributed by atoms with Gasteiger partial charge in [0, 0.05) is 38.7 Å². The van der Waals surface area contributed by atoms with Crippen LogP contribution in [0.4, 0.5) is 0 Å². The van der Waals surface area contributed by atoms with Crippen molar-refractivity contribution in [3.8, 4) is 0 Å². The van der Waals surface area contributed by atoms with E-state index in [2.05, 4.69) is 5.32 Å². The van der Waals surface area contributed by atoms with Gasteiger partial charge in [0.05, 0.1) is 32.8 Å². The van der Waals surface area contributed by atoms with Gasteiger partial charge in [0.25, 0.3) is 5.91 Å². The summed E-state index contributed by atoms with van der Waals surface area (Å²) in [5.41, 5.74) is -0.715. The van der Waals surface area contributed by atoms with Crippen molar-refractivity contribution < 1.29 is 57.6 Å². The van der Waals surface area contributed by atoms with Crippen LogP contribution in [0.1, 0.15) is 175 Å². The smallest absolute Gasteiger partial charge is 0.329 e. The molecule has 0 spiro atoms. The summed E-state index contributed by atoms with van der Waals surface area (Å²) in [7, 11) is 0. The Morgan fingerprint density at radius 2 is 1.00 bits per heavy atom. The second kappa shape index (κ2) is 35.0. The first-order valence-corrected chi connectivity index (χ1v) is 21.0. The minimum absolute atomic E-state index is 0.00640. The van der Waals surface area contributed by atoms with Gasteiger partial charge in [-0.1, -0.05) is 77.0 Å². The van der Waals surface area contributed by atoms with Crippen molar-refractivity contribution >= 4 is 41.2 Å². The highest BCUT2D eigenvalue weighted by molar-refractivity contribution is 5.96. The number of rotatable bonds is 38. The molecule has 0 aromatic rings. The topological polar surface area (TPSA) is 201 Å². The highest BCUT2D eigenvalue weighted by Gasteiger charge is 2.27. The number of nitrogens with one attached hydrogen (secondary N) is 2. The van der Waals surface area contributed by atoms with Gasteiger partial charge in [0.1, 0.15) is 29.8 Å². The van der Waals surface area contributed by atoms with Crippen LogP contribution in [0.2, 0.25) is 0 Å². The van der Waals surface area contributed by atoms with Crippen LogP contribution >= 0.6 is 0 Å². The van der Waals surface area contributed by atoms with Gasteiger partial charge in [-0.25, -0.2) is 4.79 Å². The molecule has 3 N–H and O–H groups in total. The van der Waals surface area contributed by atoms with Crippen molar-refractivity contribution in [2.75, 3.05) is 39.6 Å². The average Bonchev–Trinajstić information content (AvgIpc) is 3.11. The Bertz CT molecular complexity index is 1120. The van der Waals surface area contributed by atoms with Crippen molar-refractivity contribution in [2.24, 2.45) is 0 Å². The Morgan fingerprint density at radius 1 is 0.518 bits per heavy atom. The Balaban J connectivity index is 4.01. The van der Waals surface area contributed by atoms with Gasteiger partial charge >= 0.3 is 11.9 Å². The average molecular weight is 799 g/mol. The molecule has 0 heterocycles. The fourth-order valence-corrected chi connectivity index (χ4v) is 5.71. The van der Waals surface area contributed by atoms with Gasteiger partial charge in [0.15, 0.2) is 0 Å². The number of hydrogen-bond donors (Lipinski definition) is 3. The lowest BCUT2D eigenvalue weighted by Gasteiger charge is -2.24. The van der Waals surface area contributed by atoms with Gasteiger partial charge in [-0.15, -0.1) is 0 Å². The summed E-state index contributed by atoms with van der Waals surface area (Å²) in [6, 6.07) is -0.872. The number of imide groups is 1. The molecule has 56 heavy (non-hydrogen) atoms. The molecule has 0 fully saturated rings. The van der Waals surface area contributed by atoms with E-state index in [0.29, 0.717) is 51.3 Å². The van der Waals surface area contributed by atoms with Gasteiger partial charge in [-0.05, 0) is 59.8 Å². The molecule has 0 aliphatic rings. The first-order valence-electron chi connectivity index (χ1n) is 21.0. The Labute approximate surface area is 335 Å². The van der Waals surface area contributed by atoms with Crippen LogP contribution in [-0.4, -0.2) is 97.6 Å². The van der Waals surface area contributed by atoms with E-state index in [-0.39, 0.29) is 57.2 Å². The number of unbranched alkanes of at least 4 members (excludes halogenated alkanes) is 14. The molecule has 0 aromatic heterocycles. The maximum Gasteiger partial charge on any atom is 0.329 e. The van der Waals surface area contributed by atoms with E-state index in [4.69, 9.17) is 24.1 Å². The minimum Gasteiger partial charge on any atom is -0.481 e. The zero-order chi connectivity index (χ0) is 41.9. The number of ketones is 2. The Kier molecular flexibility index (Phi) is 33.0. The van der Waals surface area contributed by atoms with Crippen molar-refractivity contribution in [1.29, 1.82) is 0 Å². The lowest BCUT2D eigenvalue weighted by molar-refractivity contribution is -0.159. The lowest BCUT2D eigenvalue weighted by atomic mass is 10.0. The number of ether oxygens (including phenoxy) is 4. The molecule has 0 rings (SSSR count). The zero-order valence-electron chi connectivity index (χ0n) is 35.0. The maximum atomic E-state index is 12.9. The summed E-state index contributed by atoms with van der Waals surface area (Å²) < 4.78 is 21.5. The summed E-state index contributed by atoms with van der Waals surface area (Å²) in [6.07, 6.45) is 18.6. The van der Waals surface area contributed by atoms with E-state index in [1.807, 2.05) is 5.32 Å². The molecule has 0 radical (unpaired) electrons. The highest BCUT2D eigenvalue weighted by Crippen LogP contribution is 2.15. The van der Waals surface area contributed by atoms with E-state index in [1.54, 1.807) is 27.7 Å². The largest absolute Gasteiger partial charge is 0.481 e. The van der Waals surface area contributed by atoms with Gasteiger partial charge < -0.3 is 34.2 Å². The van der Waals surface area contributed by atoms with Crippen LogP contribution < -0.4 is 10.6 Å². The maximum absolute atomic E-state index is 12.9. The third-order valence-electron chi connectivity index (χ3n) is 8.74. The third kappa shape index (κ3) is 37.7. The SMILES string of the molecule is CC(=O)CCCCCCCCCCCCCCCCC(=O)NC(CCC(=O)CCCCOCCOCCOCC(=O)NC(=O)CCC(=O)O)C(=O)OC(C)(C)C. The lowest BCUT2D eigenvalue weighted by Crippen LogP contribution is -2.44. The number of hydrogen-bond acceptors (Lipinski definition) is 11. The van der Waals surface area contributed by atoms with E-state index >= 15 is 0 Å². The van der Waals surface area contributed by atoms with Crippen LogP contribution in [0.5, 0.6) is 0 Å². The molecule has 14 heteroatoms. The zero-order valence-corrected chi connectivity index (χ0v) is 35.0. The minimum atomic E-state index is -1.12. The molecule has 3 amide bonds. The van der Waals surface area contributed by atoms with Crippen LogP contribution in [0.25, 0.3) is 0 Å². The first-order chi connectivity index (χ1) is 26.7. The van der Waals surface area contributed by atoms with E-state index in [1.165, 1.54) is 51.4 Å². The third-order valence-corrected chi connectivity index (χ3v) is 8.74. The molecule has 0 aliphatic heterocycles. The van der Waals surface area contributed by atoms with Gasteiger partial charge in [0.2, 0.25) is 11.8 Å². The molecule has 0 aromatic carbocycles. The fourth-order valence-electron chi connectivity index (χ4n) is 5.71. The molecular weight excluding hydrogens is 724 g/mol. The normalized spacial score (nSPS) is 11.9. The van der Waals surface area contributed by atoms with Crippen LogP contribution in [0, 0.1) is 0 Å².